The van der Waals surface area contributed by atoms with Crippen molar-refractivity contribution in [2.24, 2.45) is 41.4 Å². The van der Waals surface area contributed by atoms with Gasteiger partial charge in [0.2, 0.25) is 0 Å². The Morgan fingerprint density at radius 1 is 0.722 bits per heavy atom. The smallest absolute Gasteiger partial charge is 0.0381 e. The van der Waals surface area contributed by atoms with Crippen molar-refractivity contribution in [2.75, 3.05) is 0 Å². The van der Waals surface area contributed by atoms with Crippen LogP contribution in [0.1, 0.15) is 73.1 Å². The Bertz CT molecular complexity index is 235. The zero-order valence-corrected chi connectivity index (χ0v) is 13.3. The van der Waals surface area contributed by atoms with Crippen LogP contribution >= 0.6 is 0 Å². The minimum Gasteiger partial charge on any atom is -0.0625 e. The molecule has 2 fully saturated rings. The fourth-order valence-corrected chi connectivity index (χ4v) is 4.71. The molecule has 0 aliphatic heterocycles. The van der Waals surface area contributed by atoms with Crippen LogP contribution in [0.3, 0.4) is 0 Å². The van der Waals surface area contributed by atoms with Gasteiger partial charge in [-0.3, -0.25) is 0 Å². The summed E-state index contributed by atoms with van der Waals surface area (Å²) < 4.78 is 0. The van der Waals surface area contributed by atoms with Crippen molar-refractivity contribution >= 4 is 0 Å². The van der Waals surface area contributed by atoms with Gasteiger partial charge in [-0.05, 0) is 80.0 Å². The van der Waals surface area contributed by atoms with E-state index in [2.05, 4.69) is 34.6 Å². The molecular weight excluding hydrogens is 216 g/mol. The van der Waals surface area contributed by atoms with Gasteiger partial charge in [0, 0.05) is 0 Å². The van der Waals surface area contributed by atoms with Gasteiger partial charge in [-0.2, -0.15) is 0 Å². The molecule has 0 aromatic heterocycles. The molecule has 2 saturated carbocycles. The van der Waals surface area contributed by atoms with Crippen LogP contribution in [-0.2, 0) is 0 Å². The zero-order chi connectivity index (χ0) is 13.3. The topological polar surface area (TPSA) is 0 Å². The van der Waals surface area contributed by atoms with E-state index in [4.69, 9.17) is 0 Å². The van der Waals surface area contributed by atoms with Crippen molar-refractivity contribution in [3.05, 3.63) is 0 Å². The highest BCUT2D eigenvalue weighted by Gasteiger charge is 2.36. The third-order valence-electron chi connectivity index (χ3n) is 6.57. The highest BCUT2D eigenvalue weighted by atomic mass is 14.4. The van der Waals surface area contributed by atoms with Gasteiger partial charge in [-0.1, -0.05) is 34.6 Å². The molecule has 0 saturated heterocycles. The van der Waals surface area contributed by atoms with Gasteiger partial charge in [-0.15, -0.1) is 0 Å². The maximum Gasteiger partial charge on any atom is -0.0381 e. The van der Waals surface area contributed by atoms with E-state index in [1.54, 1.807) is 0 Å². The summed E-state index contributed by atoms with van der Waals surface area (Å²) in [4.78, 5) is 0. The average Bonchev–Trinajstić information content (AvgIpc) is 2.35. The number of hydrogen-bond acceptors (Lipinski definition) is 0. The van der Waals surface area contributed by atoms with Crippen LogP contribution in [-0.4, -0.2) is 0 Å². The van der Waals surface area contributed by atoms with Crippen LogP contribution in [0.4, 0.5) is 0 Å². The normalized spacial score (nSPS) is 46.3. The van der Waals surface area contributed by atoms with E-state index in [1.165, 1.54) is 38.5 Å². The zero-order valence-electron chi connectivity index (χ0n) is 13.3. The first kappa shape index (κ1) is 14.4. The number of rotatable bonds is 2. The summed E-state index contributed by atoms with van der Waals surface area (Å²) >= 11 is 0. The van der Waals surface area contributed by atoms with Crippen molar-refractivity contribution in [3.63, 3.8) is 0 Å². The van der Waals surface area contributed by atoms with Crippen LogP contribution in [0.5, 0.6) is 0 Å². The van der Waals surface area contributed by atoms with Crippen LogP contribution in [0.25, 0.3) is 0 Å². The molecule has 106 valence electrons. The van der Waals surface area contributed by atoms with E-state index in [-0.39, 0.29) is 0 Å². The predicted molar refractivity (Wildman–Crippen MR) is 80.5 cm³/mol. The minimum atomic E-state index is 0.912. The SMILES string of the molecule is CC(C)C1CCC(C2CC(C)C(C)C(C)C2)CC1. The standard InChI is InChI=1S/C18H34/c1-12(2)16-6-8-17(9-7-16)18-10-13(3)15(5)14(4)11-18/h12-18H,6-11H2,1-5H3. The lowest BCUT2D eigenvalue weighted by molar-refractivity contribution is 0.0736. The second-order valence-electron chi connectivity index (χ2n) is 7.96. The molecule has 0 radical (unpaired) electrons. The molecule has 2 atom stereocenters. The fourth-order valence-electron chi connectivity index (χ4n) is 4.71. The summed E-state index contributed by atoms with van der Waals surface area (Å²) in [6, 6.07) is 0. The summed E-state index contributed by atoms with van der Waals surface area (Å²) in [5, 5.41) is 0. The van der Waals surface area contributed by atoms with Crippen molar-refractivity contribution in [1.29, 1.82) is 0 Å². The Balaban J connectivity index is 1.86. The first-order valence-corrected chi connectivity index (χ1v) is 8.49. The van der Waals surface area contributed by atoms with E-state index in [0.717, 1.165) is 41.4 Å². The van der Waals surface area contributed by atoms with Crippen molar-refractivity contribution in [1.82, 2.24) is 0 Å². The van der Waals surface area contributed by atoms with Gasteiger partial charge >= 0.3 is 0 Å². The third kappa shape index (κ3) is 3.11. The van der Waals surface area contributed by atoms with E-state index >= 15 is 0 Å². The summed E-state index contributed by atoms with van der Waals surface area (Å²) in [5.74, 6) is 6.93. The van der Waals surface area contributed by atoms with Crippen LogP contribution in [0.15, 0.2) is 0 Å². The van der Waals surface area contributed by atoms with Gasteiger partial charge in [0.15, 0.2) is 0 Å². The molecule has 2 unspecified atom stereocenters. The lowest BCUT2D eigenvalue weighted by atomic mass is 9.63. The van der Waals surface area contributed by atoms with Gasteiger partial charge in [-0.25, -0.2) is 0 Å². The molecule has 0 bridgehead atoms. The van der Waals surface area contributed by atoms with Crippen LogP contribution < -0.4 is 0 Å². The monoisotopic (exact) mass is 250 g/mol. The molecule has 0 amide bonds. The Labute approximate surface area is 115 Å². The maximum absolute atomic E-state index is 2.49. The molecule has 2 aliphatic rings. The van der Waals surface area contributed by atoms with Crippen molar-refractivity contribution in [3.8, 4) is 0 Å². The lowest BCUT2D eigenvalue weighted by Gasteiger charge is -2.43. The van der Waals surface area contributed by atoms with Crippen molar-refractivity contribution < 1.29 is 0 Å². The molecule has 0 heterocycles. The van der Waals surface area contributed by atoms with Crippen LogP contribution in [0.2, 0.25) is 0 Å². The summed E-state index contributed by atoms with van der Waals surface area (Å²) in [7, 11) is 0. The molecule has 0 aromatic carbocycles. The third-order valence-corrected chi connectivity index (χ3v) is 6.57. The molecule has 0 aromatic rings. The molecule has 0 nitrogen and oxygen atoms in total. The Hall–Kier alpha value is 0. The molecule has 0 spiro atoms. The predicted octanol–water partition coefficient (Wildman–Crippen LogP) is 5.77. The van der Waals surface area contributed by atoms with Gasteiger partial charge < -0.3 is 0 Å². The Morgan fingerprint density at radius 2 is 1.22 bits per heavy atom. The lowest BCUT2D eigenvalue weighted by Crippen LogP contribution is -2.33. The first-order chi connectivity index (χ1) is 8.49. The van der Waals surface area contributed by atoms with E-state index < -0.39 is 0 Å². The Kier molecular flexibility index (Phi) is 4.78. The van der Waals surface area contributed by atoms with Gasteiger partial charge in [0.1, 0.15) is 0 Å². The maximum atomic E-state index is 2.49. The van der Waals surface area contributed by atoms with Crippen molar-refractivity contribution in [2.45, 2.75) is 73.1 Å². The summed E-state index contributed by atoms with van der Waals surface area (Å²) in [5.41, 5.74) is 0. The van der Waals surface area contributed by atoms with E-state index in [0.29, 0.717) is 0 Å². The highest BCUT2D eigenvalue weighted by Crippen LogP contribution is 2.46. The molecule has 2 aliphatic carbocycles. The quantitative estimate of drug-likeness (QED) is 0.584. The average molecular weight is 250 g/mol. The second kappa shape index (κ2) is 5.97. The number of hydrogen-bond donors (Lipinski definition) is 0. The highest BCUT2D eigenvalue weighted by molar-refractivity contribution is 4.86. The largest absolute Gasteiger partial charge is 0.0625 e. The molecular formula is C18H34. The van der Waals surface area contributed by atoms with E-state index in [9.17, 15) is 0 Å². The Morgan fingerprint density at radius 3 is 1.67 bits per heavy atom. The minimum absolute atomic E-state index is 0.912. The molecule has 0 N–H and O–H groups in total. The second-order valence-corrected chi connectivity index (χ2v) is 7.96. The fraction of sp³-hybridized carbons (Fsp3) is 1.00. The first-order valence-electron chi connectivity index (χ1n) is 8.49. The van der Waals surface area contributed by atoms with Gasteiger partial charge in [0.25, 0.3) is 0 Å². The molecule has 18 heavy (non-hydrogen) atoms. The summed E-state index contributed by atoms with van der Waals surface area (Å²) in [6.07, 6.45) is 9.11. The summed E-state index contributed by atoms with van der Waals surface area (Å²) in [6.45, 7) is 12.3. The molecule has 0 heteroatoms. The van der Waals surface area contributed by atoms with Gasteiger partial charge in [0.05, 0.1) is 0 Å². The molecule has 2 rings (SSSR count). The van der Waals surface area contributed by atoms with Crippen LogP contribution in [0, 0.1) is 41.4 Å². The van der Waals surface area contributed by atoms with E-state index in [1.807, 2.05) is 0 Å².